The molecule has 1 N–H and O–H groups in total. The number of para-hydroxylation sites is 2. The van der Waals surface area contributed by atoms with Gasteiger partial charge in [-0.05, 0) is 38.1 Å². The summed E-state index contributed by atoms with van der Waals surface area (Å²) >= 11 is 0. The zero-order valence-corrected chi connectivity index (χ0v) is 10.7. The lowest BCUT2D eigenvalue weighted by Gasteiger charge is -2.22. The molecule has 1 aromatic heterocycles. The number of rotatable bonds is 3. The van der Waals surface area contributed by atoms with Crippen LogP contribution in [0.1, 0.15) is 18.7 Å². The molecule has 3 rings (SSSR count). The molecule has 0 spiro atoms. The molecule has 1 aliphatic heterocycles. The smallest absolute Gasteiger partial charge is 0.135 e. The molecule has 0 bridgehead atoms. The summed E-state index contributed by atoms with van der Waals surface area (Å²) in [6, 6.07) is 8.20. The maximum Gasteiger partial charge on any atom is 0.135 e. The normalized spacial score (nSPS) is 17.4. The molecule has 1 aliphatic rings. The molecular weight excluding hydrogens is 226 g/mol. The van der Waals surface area contributed by atoms with Crippen LogP contribution in [0.2, 0.25) is 0 Å². The molecule has 1 saturated heterocycles. The van der Waals surface area contributed by atoms with E-state index in [1.807, 2.05) is 18.2 Å². The van der Waals surface area contributed by atoms with Gasteiger partial charge in [0.25, 0.3) is 0 Å². The van der Waals surface area contributed by atoms with E-state index in [4.69, 9.17) is 4.74 Å². The standard InChI is InChI=1S/C14H19N3O/c1-17-13-5-3-2-4-12(13)16-14(17)10-18-11-6-8-15-9-7-11/h2-5,11,15H,6-10H2,1H3. The highest BCUT2D eigenvalue weighted by molar-refractivity contribution is 5.75. The Balaban J connectivity index is 1.72. The third-order valence-electron chi connectivity index (χ3n) is 3.61. The number of aromatic nitrogens is 2. The zero-order chi connectivity index (χ0) is 12.4. The van der Waals surface area contributed by atoms with Crippen LogP contribution < -0.4 is 5.32 Å². The molecule has 0 saturated carbocycles. The number of imidazole rings is 1. The molecule has 2 aromatic rings. The van der Waals surface area contributed by atoms with Crippen LogP contribution in [0.5, 0.6) is 0 Å². The first-order valence-corrected chi connectivity index (χ1v) is 6.57. The molecule has 96 valence electrons. The Hall–Kier alpha value is -1.39. The van der Waals surface area contributed by atoms with Crippen molar-refractivity contribution >= 4 is 11.0 Å². The Morgan fingerprint density at radius 3 is 2.89 bits per heavy atom. The molecule has 18 heavy (non-hydrogen) atoms. The number of benzene rings is 1. The SMILES string of the molecule is Cn1c(COC2CCNCC2)nc2ccccc21. The van der Waals surface area contributed by atoms with Crippen LogP contribution in [0.3, 0.4) is 0 Å². The van der Waals surface area contributed by atoms with Crippen LogP contribution in [0, 0.1) is 0 Å². The number of hydrogen-bond donors (Lipinski definition) is 1. The lowest BCUT2D eigenvalue weighted by molar-refractivity contribution is 0.0170. The summed E-state index contributed by atoms with van der Waals surface area (Å²) in [4.78, 5) is 4.62. The Morgan fingerprint density at radius 2 is 2.11 bits per heavy atom. The molecule has 0 amide bonds. The van der Waals surface area contributed by atoms with E-state index in [-0.39, 0.29) is 0 Å². The lowest BCUT2D eigenvalue weighted by Crippen LogP contribution is -2.32. The minimum absolute atomic E-state index is 0.381. The van der Waals surface area contributed by atoms with Gasteiger partial charge >= 0.3 is 0 Å². The van der Waals surface area contributed by atoms with Crippen molar-refractivity contribution in [1.29, 1.82) is 0 Å². The van der Waals surface area contributed by atoms with Gasteiger partial charge in [-0.3, -0.25) is 0 Å². The number of nitrogens with one attached hydrogen (secondary N) is 1. The summed E-state index contributed by atoms with van der Waals surface area (Å²) in [5, 5.41) is 3.34. The average molecular weight is 245 g/mol. The van der Waals surface area contributed by atoms with Crippen LogP contribution in [0.15, 0.2) is 24.3 Å². The fraction of sp³-hybridized carbons (Fsp3) is 0.500. The number of hydrogen-bond acceptors (Lipinski definition) is 3. The first kappa shape index (κ1) is 11.7. The number of ether oxygens (including phenoxy) is 1. The summed E-state index contributed by atoms with van der Waals surface area (Å²) in [5.74, 6) is 1.01. The average Bonchev–Trinajstić information content (AvgIpc) is 2.75. The van der Waals surface area contributed by atoms with Crippen molar-refractivity contribution in [3.8, 4) is 0 Å². The van der Waals surface area contributed by atoms with Crippen molar-refractivity contribution in [1.82, 2.24) is 14.9 Å². The van der Waals surface area contributed by atoms with Gasteiger partial charge in [-0.25, -0.2) is 4.98 Å². The highest BCUT2D eigenvalue weighted by atomic mass is 16.5. The summed E-state index contributed by atoms with van der Waals surface area (Å²) in [7, 11) is 2.05. The Labute approximate surface area is 107 Å². The van der Waals surface area contributed by atoms with Crippen LogP contribution in [-0.2, 0) is 18.4 Å². The van der Waals surface area contributed by atoms with Gasteiger partial charge in [-0.15, -0.1) is 0 Å². The van der Waals surface area contributed by atoms with E-state index in [2.05, 4.69) is 28.0 Å². The predicted molar refractivity (Wildman–Crippen MR) is 71.4 cm³/mol. The van der Waals surface area contributed by atoms with Crippen LogP contribution >= 0.6 is 0 Å². The van der Waals surface area contributed by atoms with E-state index >= 15 is 0 Å². The molecular formula is C14H19N3O. The number of piperidine rings is 1. The quantitative estimate of drug-likeness (QED) is 0.897. The van der Waals surface area contributed by atoms with E-state index < -0.39 is 0 Å². The van der Waals surface area contributed by atoms with Crippen molar-refractivity contribution in [3.05, 3.63) is 30.1 Å². The van der Waals surface area contributed by atoms with E-state index in [9.17, 15) is 0 Å². The van der Waals surface area contributed by atoms with Crippen molar-refractivity contribution in [2.75, 3.05) is 13.1 Å². The Bertz CT molecular complexity index is 529. The third kappa shape index (κ3) is 2.26. The van der Waals surface area contributed by atoms with E-state index in [1.165, 1.54) is 5.52 Å². The summed E-state index contributed by atoms with van der Waals surface area (Å²) < 4.78 is 8.08. The minimum Gasteiger partial charge on any atom is -0.370 e. The molecule has 0 radical (unpaired) electrons. The van der Waals surface area contributed by atoms with Gasteiger partial charge in [0.05, 0.1) is 17.1 Å². The van der Waals surface area contributed by atoms with Crippen molar-refractivity contribution in [3.63, 3.8) is 0 Å². The van der Waals surface area contributed by atoms with Crippen LogP contribution in [0.25, 0.3) is 11.0 Å². The third-order valence-corrected chi connectivity index (χ3v) is 3.61. The Morgan fingerprint density at radius 1 is 1.33 bits per heavy atom. The molecule has 4 nitrogen and oxygen atoms in total. The minimum atomic E-state index is 0.381. The molecule has 0 atom stereocenters. The molecule has 1 aromatic carbocycles. The number of fused-ring (bicyclic) bond motifs is 1. The van der Waals surface area contributed by atoms with Crippen molar-refractivity contribution in [2.24, 2.45) is 7.05 Å². The van der Waals surface area contributed by atoms with Gasteiger partial charge in [0.1, 0.15) is 12.4 Å². The van der Waals surface area contributed by atoms with Gasteiger partial charge in [0.2, 0.25) is 0 Å². The number of nitrogens with zero attached hydrogens (tertiary/aromatic N) is 2. The first-order chi connectivity index (χ1) is 8.84. The number of aryl methyl sites for hydroxylation is 1. The lowest BCUT2D eigenvalue weighted by atomic mass is 10.1. The van der Waals surface area contributed by atoms with Crippen molar-refractivity contribution < 1.29 is 4.74 Å². The van der Waals surface area contributed by atoms with Crippen molar-refractivity contribution in [2.45, 2.75) is 25.6 Å². The highest BCUT2D eigenvalue weighted by Gasteiger charge is 2.15. The van der Waals surface area contributed by atoms with E-state index in [1.54, 1.807) is 0 Å². The van der Waals surface area contributed by atoms with Gasteiger partial charge in [-0.2, -0.15) is 0 Å². The molecule has 2 heterocycles. The van der Waals surface area contributed by atoms with Gasteiger partial charge in [0.15, 0.2) is 0 Å². The Kier molecular flexibility index (Phi) is 3.30. The second-order valence-electron chi connectivity index (χ2n) is 4.84. The topological polar surface area (TPSA) is 39.1 Å². The van der Waals surface area contributed by atoms with Crippen LogP contribution in [0.4, 0.5) is 0 Å². The van der Waals surface area contributed by atoms with Crippen LogP contribution in [-0.4, -0.2) is 28.7 Å². The van der Waals surface area contributed by atoms with Gasteiger partial charge in [0, 0.05) is 7.05 Å². The molecule has 1 fully saturated rings. The molecule has 4 heteroatoms. The summed E-state index contributed by atoms with van der Waals surface area (Å²) in [6.45, 7) is 2.73. The van der Waals surface area contributed by atoms with E-state index in [0.29, 0.717) is 12.7 Å². The first-order valence-electron chi connectivity index (χ1n) is 6.57. The van der Waals surface area contributed by atoms with Gasteiger partial charge in [-0.1, -0.05) is 12.1 Å². The van der Waals surface area contributed by atoms with Gasteiger partial charge < -0.3 is 14.6 Å². The largest absolute Gasteiger partial charge is 0.370 e. The van der Waals surface area contributed by atoms with E-state index in [0.717, 1.165) is 37.3 Å². The molecule has 0 aliphatic carbocycles. The fourth-order valence-electron chi connectivity index (χ4n) is 2.48. The maximum atomic E-state index is 5.96. The maximum absolute atomic E-state index is 5.96. The summed E-state index contributed by atoms with van der Waals surface area (Å²) in [6.07, 6.45) is 2.58. The zero-order valence-electron chi connectivity index (χ0n) is 10.7. The molecule has 0 unspecified atom stereocenters. The predicted octanol–water partition coefficient (Wildman–Crippen LogP) is 1.84. The second-order valence-corrected chi connectivity index (χ2v) is 4.84. The monoisotopic (exact) mass is 245 g/mol. The fourth-order valence-corrected chi connectivity index (χ4v) is 2.48. The summed E-state index contributed by atoms with van der Waals surface area (Å²) in [5.41, 5.74) is 2.21. The second kappa shape index (κ2) is 5.08. The highest BCUT2D eigenvalue weighted by Crippen LogP contribution is 2.16.